The molecule has 0 aliphatic carbocycles. The van der Waals surface area contributed by atoms with Gasteiger partial charge in [0.1, 0.15) is 11.2 Å². The Morgan fingerprint density at radius 1 is 0.912 bits per heavy atom. The SMILES string of the molecule is CCCC(=O)O.OC[C@@]1(COC(c2ccccc2)(c2ccccc2)c2ccccc2)CCCO1. The summed E-state index contributed by atoms with van der Waals surface area (Å²) in [5.41, 5.74) is 1.75. The fourth-order valence-corrected chi connectivity index (χ4v) is 4.26. The summed E-state index contributed by atoms with van der Waals surface area (Å²) in [4.78, 5) is 9.60. The van der Waals surface area contributed by atoms with Crippen molar-refractivity contribution in [2.45, 2.75) is 43.8 Å². The smallest absolute Gasteiger partial charge is 0.303 e. The van der Waals surface area contributed by atoms with Gasteiger partial charge in [-0.2, -0.15) is 0 Å². The van der Waals surface area contributed by atoms with Crippen LogP contribution in [-0.2, 0) is 19.9 Å². The Morgan fingerprint density at radius 3 is 1.68 bits per heavy atom. The van der Waals surface area contributed by atoms with Crippen LogP contribution < -0.4 is 0 Å². The molecule has 3 aromatic rings. The molecule has 3 aromatic carbocycles. The third-order valence-corrected chi connectivity index (χ3v) is 6.03. The van der Waals surface area contributed by atoms with Crippen LogP contribution in [0.25, 0.3) is 0 Å². The van der Waals surface area contributed by atoms with E-state index in [-0.39, 0.29) is 6.61 Å². The number of hydrogen-bond donors (Lipinski definition) is 2. The minimum Gasteiger partial charge on any atom is -0.481 e. The van der Waals surface area contributed by atoms with Crippen molar-refractivity contribution in [2.75, 3.05) is 19.8 Å². The summed E-state index contributed by atoms with van der Waals surface area (Å²) in [5, 5.41) is 17.9. The van der Waals surface area contributed by atoms with Crippen LogP contribution in [0.1, 0.15) is 49.3 Å². The molecule has 0 saturated carbocycles. The molecule has 1 atom stereocenters. The number of ether oxygens (including phenoxy) is 2. The van der Waals surface area contributed by atoms with Gasteiger partial charge >= 0.3 is 5.97 Å². The third-order valence-electron chi connectivity index (χ3n) is 6.03. The minimum atomic E-state index is -0.780. The first kappa shape index (κ1) is 25.6. The number of aliphatic carboxylic acids is 1. The standard InChI is InChI=1S/C25H26O3.C4H8O2/c26-19-24(17-10-18-27-24)20-28-25(21-11-4-1-5-12-21,22-13-6-2-7-14-22)23-15-8-3-9-16-23;1-2-3-4(5)6/h1-9,11-16,26H,10,17-20H2;2-3H2,1H3,(H,5,6)/t24-;/m1./s1. The maximum Gasteiger partial charge on any atom is 0.303 e. The van der Waals surface area contributed by atoms with Crippen LogP contribution in [0.4, 0.5) is 0 Å². The molecule has 0 radical (unpaired) electrons. The van der Waals surface area contributed by atoms with E-state index in [1.807, 2.05) is 61.5 Å². The average Bonchev–Trinajstić information content (AvgIpc) is 3.36. The zero-order valence-corrected chi connectivity index (χ0v) is 19.7. The molecule has 5 nitrogen and oxygen atoms in total. The lowest BCUT2D eigenvalue weighted by Gasteiger charge is -2.39. The fourth-order valence-electron chi connectivity index (χ4n) is 4.26. The highest BCUT2D eigenvalue weighted by Crippen LogP contribution is 2.42. The molecule has 5 heteroatoms. The van der Waals surface area contributed by atoms with Gasteiger partial charge in [-0.05, 0) is 36.0 Å². The quantitative estimate of drug-likeness (QED) is 0.416. The number of aliphatic hydroxyl groups is 1. The summed E-state index contributed by atoms with van der Waals surface area (Å²) in [7, 11) is 0. The number of carbonyl (C=O) groups is 1. The van der Waals surface area contributed by atoms with Crippen molar-refractivity contribution < 1.29 is 24.5 Å². The van der Waals surface area contributed by atoms with Crippen LogP contribution in [0.5, 0.6) is 0 Å². The molecule has 0 spiro atoms. The van der Waals surface area contributed by atoms with E-state index in [0.29, 0.717) is 19.6 Å². The minimum absolute atomic E-state index is 0.0402. The van der Waals surface area contributed by atoms with Crippen LogP contribution in [0.15, 0.2) is 91.0 Å². The molecule has 4 rings (SSSR count). The molecule has 0 amide bonds. The monoisotopic (exact) mass is 462 g/mol. The van der Waals surface area contributed by atoms with Gasteiger partial charge in [0, 0.05) is 13.0 Å². The Morgan fingerprint density at radius 2 is 1.38 bits per heavy atom. The van der Waals surface area contributed by atoms with Crippen LogP contribution >= 0.6 is 0 Å². The van der Waals surface area contributed by atoms with Gasteiger partial charge in [0.2, 0.25) is 0 Å². The largest absolute Gasteiger partial charge is 0.481 e. The lowest BCUT2D eigenvalue weighted by molar-refractivity contribution is -0.137. The van der Waals surface area contributed by atoms with Crippen molar-refractivity contribution in [2.24, 2.45) is 0 Å². The number of benzene rings is 3. The van der Waals surface area contributed by atoms with Gasteiger partial charge in [0.25, 0.3) is 0 Å². The first-order valence-electron chi connectivity index (χ1n) is 11.8. The normalized spacial score (nSPS) is 17.6. The van der Waals surface area contributed by atoms with E-state index in [1.165, 1.54) is 0 Å². The maximum atomic E-state index is 10.0. The predicted octanol–water partition coefficient (Wildman–Crippen LogP) is 5.41. The van der Waals surface area contributed by atoms with Gasteiger partial charge in [0.05, 0.1) is 13.2 Å². The van der Waals surface area contributed by atoms with Gasteiger partial charge in [-0.15, -0.1) is 0 Å². The van der Waals surface area contributed by atoms with Crippen molar-refractivity contribution in [1.82, 2.24) is 0 Å². The zero-order chi connectivity index (χ0) is 24.3. The molecule has 1 heterocycles. The number of carboxylic acids is 1. The molecular formula is C29H34O5. The first-order chi connectivity index (χ1) is 16.6. The molecule has 0 bridgehead atoms. The molecule has 1 aliphatic rings. The molecule has 180 valence electrons. The maximum absolute atomic E-state index is 10.0. The van der Waals surface area contributed by atoms with Gasteiger partial charge in [0.15, 0.2) is 0 Å². The lowest BCUT2D eigenvalue weighted by Crippen LogP contribution is -2.43. The zero-order valence-electron chi connectivity index (χ0n) is 19.7. The highest BCUT2D eigenvalue weighted by atomic mass is 16.6. The van der Waals surface area contributed by atoms with Gasteiger partial charge < -0.3 is 19.7 Å². The Labute approximate surface area is 202 Å². The van der Waals surface area contributed by atoms with Gasteiger partial charge in [-0.3, -0.25) is 4.79 Å². The van der Waals surface area contributed by atoms with Gasteiger partial charge in [-0.1, -0.05) is 97.9 Å². The predicted molar refractivity (Wildman–Crippen MR) is 133 cm³/mol. The van der Waals surface area contributed by atoms with Gasteiger partial charge in [-0.25, -0.2) is 0 Å². The summed E-state index contributed by atoms with van der Waals surface area (Å²) in [6, 6.07) is 30.8. The second-order valence-electron chi connectivity index (χ2n) is 8.50. The highest BCUT2D eigenvalue weighted by Gasteiger charge is 2.42. The summed E-state index contributed by atoms with van der Waals surface area (Å²) in [5.74, 6) is -0.711. The number of carboxylic acid groups (broad SMARTS) is 1. The second kappa shape index (κ2) is 12.5. The summed E-state index contributed by atoms with van der Waals surface area (Å²) < 4.78 is 12.7. The van der Waals surface area contributed by atoms with E-state index in [4.69, 9.17) is 14.6 Å². The summed E-state index contributed by atoms with van der Waals surface area (Å²) >= 11 is 0. The van der Waals surface area contributed by atoms with Crippen molar-refractivity contribution in [1.29, 1.82) is 0 Å². The molecule has 0 aromatic heterocycles. The topological polar surface area (TPSA) is 76.0 Å². The van der Waals surface area contributed by atoms with Crippen LogP contribution in [0.3, 0.4) is 0 Å². The average molecular weight is 463 g/mol. The van der Waals surface area contributed by atoms with E-state index >= 15 is 0 Å². The van der Waals surface area contributed by atoms with Crippen LogP contribution in [0, 0.1) is 0 Å². The van der Waals surface area contributed by atoms with E-state index in [2.05, 4.69) is 36.4 Å². The molecule has 1 fully saturated rings. The molecule has 2 N–H and O–H groups in total. The highest BCUT2D eigenvalue weighted by molar-refractivity contribution is 5.66. The van der Waals surface area contributed by atoms with Crippen LogP contribution in [-0.4, -0.2) is 41.6 Å². The number of hydrogen-bond acceptors (Lipinski definition) is 4. The third kappa shape index (κ3) is 6.11. The summed E-state index contributed by atoms with van der Waals surface area (Å²) in [6.07, 6.45) is 2.77. The molecular weight excluding hydrogens is 428 g/mol. The Balaban J connectivity index is 0.000000481. The Bertz CT molecular complexity index is 886. The Kier molecular flexibility index (Phi) is 9.40. The second-order valence-corrected chi connectivity index (χ2v) is 8.50. The Hall–Kier alpha value is -2.99. The van der Waals surface area contributed by atoms with Crippen molar-refractivity contribution >= 4 is 5.97 Å². The van der Waals surface area contributed by atoms with Crippen molar-refractivity contribution in [3.05, 3.63) is 108 Å². The number of aliphatic hydroxyl groups excluding tert-OH is 1. The first-order valence-corrected chi connectivity index (χ1v) is 11.8. The van der Waals surface area contributed by atoms with Crippen LogP contribution in [0.2, 0.25) is 0 Å². The molecule has 1 aliphatic heterocycles. The number of rotatable bonds is 9. The van der Waals surface area contributed by atoms with Crippen molar-refractivity contribution in [3.63, 3.8) is 0 Å². The molecule has 0 unspecified atom stereocenters. The van der Waals surface area contributed by atoms with E-state index in [1.54, 1.807) is 0 Å². The van der Waals surface area contributed by atoms with Crippen molar-refractivity contribution in [3.8, 4) is 0 Å². The lowest BCUT2D eigenvalue weighted by atomic mass is 9.80. The summed E-state index contributed by atoms with van der Waals surface area (Å²) in [6.45, 7) is 2.79. The van der Waals surface area contributed by atoms with E-state index < -0.39 is 17.2 Å². The fraction of sp³-hybridized carbons (Fsp3) is 0.345. The van der Waals surface area contributed by atoms with E-state index in [9.17, 15) is 9.90 Å². The molecule has 1 saturated heterocycles. The van der Waals surface area contributed by atoms with E-state index in [0.717, 1.165) is 36.0 Å². The molecule has 34 heavy (non-hydrogen) atoms.